The van der Waals surface area contributed by atoms with E-state index in [9.17, 15) is 9.59 Å². The first kappa shape index (κ1) is 14.6. The van der Waals surface area contributed by atoms with Crippen LogP contribution >= 0.6 is 11.6 Å². The number of hydrogen-bond donors (Lipinski definition) is 0. The molecule has 0 aromatic heterocycles. The summed E-state index contributed by atoms with van der Waals surface area (Å²) in [5.74, 6) is -3.99. The predicted molar refractivity (Wildman–Crippen MR) is 74.1 cm³/mol. The standard InChI is InChI=1S/C15H15ClO4/c1-4-11(9-5-7-10(16)8-6-9)12-13(17)19-15(2,3)20-14(12)18/h4-8,11-12H,1H2,2-3H3/t11-/m1/s1. The van der Waals surface area contributed by atoms with E-state index < -0.39 is 29.6 Å². The zero-order chi connectivity index (χ0) is 14.9. The Kier molecular flexibility index (Phi) is 3.86. The van der Waals surface area contributed by atoms with E-state index in [0.29, 0.717) is 5.02 Å². The zero-order valence-electron chi connectivity index (χ0n) is 11.3. The van der Waals surface area contributed by atoms with E-state index in [-0.39, 0.29) is 0 Å². The lowest BCUT2D eigenvalue weighted by Gasteiger charge is -2.35. The molecule has 0 saturated carbocycles. The van der Waals surface area contributed by atoms with Gasteiger partial charge in [-0.15, -0.1) is 6.58 Å². The van der Waals surface area contributed by atoms with Gasteiger partial charge in [0.25, 0.3) is 5.79 Å². The van der Waals surface area contributed by atoms with Gasteiger partial charge in [-0.25, -0.2) is 0 Å². The molecule has 1 fully saturated rings. The number of esters is 2. The van der Waals surface area contributed by atoms with Gasteiger partial charge in [0, 0.05) is 24.8 Å². The van der Waals surface area contributed by atoms with Crippen molar-refractivity contribution in [2.24, 2.45) is 5.92 Å². The zero-order valence-corrected chi connectivity index (χ0v) is 12.0. The number of carbonyl (C=O) groups is 2. The second-order valence-corrected chi connectivity index (χ2v) is 5.47. The monoisotopic (exact) mass is 294 g/mol. The van der Waals surface area contributed by atoms with Gasteiger partial charge < -0.3 is 9.47 Å². The van der Waals surface area contributed by atoms with Crippen LogP contribution < -0.4 is 0 Å². The number of benzene rings is 1. The summed E-state index contributed by atoms with van der Waals surface area (Å²) < 4.78 is 10.3. The Morgan fingerprint density at radius 2 is 1.70 bits per heavy atom. The minimum Gasteiger partial charge on any atom is -0.422 e. The Morgan fingerprint density at radius 1 is 1.20 bits per heavy atom. The molecule has 1 heterocycles. The summed E-state index contributed by atoms with van der Waals surface area (Å²) in [4.78, 5) is 24.1. The fraction of sp³-hybridized carbons (Fsp3) is 0.333. The maximum atomic E-state index is 12.1. The van der Waals surface area contributed by atoms with Gasteiger partial charge in [0.15, 0.2) is 5.92 Å². The fourth-order valence-electron chi connectivity index (χ4n) is 2.17. The van der Waals surface area contributed by atoms with Crippen molar-refractivity contribution in [2.75, 3.05) is 0 Å². The molecule has 0 amide bonds. The molecule has 5 heteroatoms. The highest BCUT2D eigenvalue weighted by Crippen LogP contribution is 2.34. The second-order valence-electron chi connectivity index (χ2n) is 5.03. The van der Waals surface area contributed by atoms with Crippen LogP contribution in [0.25, 0.3) is 0 Å². The molecule has 0 unspecified atom stereocenters. The van der Waals surface area contributed by atoms with Gasteiger partial charge in [-0.05, 0) is 17.7 Å². The Bertz CT molecular complexity index is 527. The smallest absolute Gasteiger partial charge is 0.324 e. The van der Waals surface area contributed by atoms with E-state index in [4.69, 9.17) is 21.1 Å². The average Bonchev–Trinajstić information content (AvgIpc) is 2.34. The molecule has 0 bridgehead atoms. The van der Waals surface area contributed by atoms with Crippen molar-refractivity contribution in [1.29, 1.82) is 0 Å². The number of rotatable bonds is 3. The van der Waals surface area contributed by atoms with Crippen LogP contribution in [0, 0.1) is 5.92 Å². The number of hydrogen-bond acceptors (Lipinski definition) is 4. The number of allylic oxidation sites excluding steroid dienone is 1. The molecule has 0 aliphatic carbocycles. The van der Waals surface area contributed by atoms with Crippen LogP contribution in [0.5, 0.6) is 0 Å². The third-order valence-corrected chi connectivity index (χ3v) is 3.32. The van der Waals surface area contributed by atoms with Gasteiger partial charge in [-0.2, -0.15) is 0 Å². The molecular formula is C15H15ClO4. The first-order valence-corrected chi connectivity index (χ1v) is 6.55. The lowest BCUT2D eigenvalue weighted by molar-refractivity contribution is -0.240. The Labute approximate surface area is 122 Å². The maximum Gasteiger partial charge on any atom is 0.324 e. The molecular weight excluding hydrogens is 280 g/mol. The van der Waals surface area contributed by atoms with Crippen molar-refractivity contribution in [3.05, 3.63) is 47.5 Å². The first-order chi connectivity index (χ1) is 9.34. The van der Waals surface area contributed by atoms with Gasteiger partial charge in [0.05, 0.1) is 0 Å². The van der Waals surface area contributed by atoms with Crippen LogP contribution in [-0.2, 0) is 19.1 Å². The van der Waals surface area contributed by atoms with E-state index >= 15 is 0 Å². The minimum absolute atomic E-state index is 0.511. The number of ether oxygens (including phenoxy) is 2. The number of halogens is 1. The lowest BCUT2D eigenvalue weighted by atomic mass is 9.85. The molecule has 1 saturated heterocycles. The van der Waals surface area contributed by atoms with Crippen LogP contribution in [0.15, 0.2) is 36.9 Å². The minimum atomic E-state index is -1.23. The Balaban J connectivity index is 2.32. The van der Waals surface area contributed by atoms with Gasteiger partial charge in [0.1, 0.15) is 0 Å². The van der Waals surface area contributed by atoms with E-state index in [1.807, 2.05) is 0 Å². The summed E-state index contributed by atoms with van der Waals surface area (Å²) in [7, 11) is 0. The van der Waals surface area contributed by atoms with Gasteiger partial charge >= 0.3 is 11.9 Å². The van der Waals surface area contributed by atoms with Crippen molar-refractivity contribution in [3.8, 4) is 0 Å². The summed E-state index contributed by atoms with van der Waals surface area (Å²) >= 11 is 5.83. The molecule has 1 aliphatic rings. The molecule has 0 radical (unpaired) electrons. The van der Waals surface area contributed by atoms with Crippen molar-refractivity contribution in [2.45, 2.75) is 25.6 Å². The molecule has 1 aliphatic heterocycles. The van der Waals surface area contributed by atoms with Crippen molar-refractivity contribution in [3.63, 3.8) is 0 Å². The van der Waals surface area contributed by atoms with Crippen molar-refractivity contribution in [1.82, 2.24) is 0 Å². The lowest BCUT2D eigenvalue weighted by Crippen LogP contribution is -2.48. The third kappa shape index (κ3) is 2.85. The van der Waals surface area contributed by atoms with E-state index in [1.165, 1.54) is 19.9 Å². The van der Waals surface area contributed by atoms with Crippen LogP contribution in [0.4, 0.5) is 0 Å². The average molecular weight is 295 g/mol. The van der Waals surface area contributed by atoms with Crippen LogP contribution in [-0.4, -0.2) is 17.7 Å². The highest BCUT2D eigenvalue weighted by Gasteiger charge is 2.46. The topological polar surface area (TPSA) is 52.6 Å². The predicted octanol–water partition coefficient (Wildman–Crippen LogP) is 3.06. The van der Waals surface area contributed by atoms with Gasteiger partial charge in [-0.3, -0.25) is 9.59 Å². The first-order valence-electron chi connectivity index (χ1n) is 6.18. The Morgan fingerprint density at radius 3 is 2.15 bits per heavy atom. The highest BCUT2D eigenvalue weighted by molar-refractivity contribution is 6.30. The Hall–Kier alpha value is -1.81. The summed E-state index contributed by atoms with van der Waals surface area (Å²) in [6, 6.07) is 6.87. The van der Waals surface area contributed by atoms with Crippen molar-refractivity contribution >= 4 is 23.5 Å². The molecule has 0 N–H and O–H groups in total. The van der Waals surface area contributed by atoms with Crippen LogP contribution in [0.3, 0.4) is 0 Å². The third-order valence-electron chi connectivity index (χ3n) is 3.07. The SMILES string of the molecule is C=C[C@H](c1ccc(Cl)cc1)C1C(=O)OC(C)(C)OC1=O. The summed E-state index contributed by atoms with van der Waals surface area (Å²) in [6.07, 6.45) is 1.54. The molecule has 106 valence electrons. The van der Waals surface area contributed by atoms with Crippen LogP contribution in [0.2, 0.25) is 5.02 Å². The van der Waals surface area contributed by atoms with Crippen molar-refractivity contribution < 1.29 is 19.1 Å². The van der Waals surface area contributed by atoms with Crippen LogP contribution in [0.1, 0.15) is 25.3 Å². The summed E-state index contributed by atoms with van der Waals surface area (Å²) in [5, 5.41) is 0.575. The molecule has 4 nitrogen and oxygen atoms in total. The maximum absolute atomic E-state index is 12.1. The molecule has 1 aromatic carbocycles. The van der Waals surface area contributed by atoms with Gasteiger partial charge in [0.2, 0.25) is 0 Å². The fourth-order valence-corrected chi connectivity index (χ4v) is 2.30. The normalized spacial score (nSPS) is 19.9. The van der Waals surface area contributed by atoms with E-state index in [0.717, 1.165) is 5.56 Å². The molecule has 20 heavy (non-hydrogen) atoms. The highest BCUT2D eigenvalue weighted by atomic mass is 35.5. The number of cyclic esters (lactones) is 2. The molecule has 1 atom stereocenters. The quantitative estimate of drug-likeness (QED) is 0.488. The summed E-state index contributed by atoms with van der Waals surface area (Å²) in [6.45, 7) is 6.73. The largest absolute Gasteiger partial charge is 0.422 e. The summed E-state index contributed by atoms with van der Waals surface area (Å²) in [5.41, 5.74) is 0.753. The molecule has 0 spiro atoms. The van der Waals surface area contributed by atoms with E-state index in [1.54, 1.807) is 24.3 Å². The van der Waals surface area contributed by atoms with Gasteiger partial charge in [-0.1, -0.05) is 29.8 Å². The van der Waals surface area contributed by atoms with E-state index in [2.05, 4.69) is 6.58 Å². The number of carbonyl (C=O) groups excluding carboxylic acids is 2. The second kappa shape index (κ2) is 5.29. The molecule has 2 rings (SSSR count). The molecule has 1 aromatic rings.